The molecule has 3 N–H and O–H groups in total. The number of nitrogens with zero attached hydrogens (tertiary/aromatic N) is 4. The molecule has 1 fully saturated rings. The summed E-state index contributed by atoms with van der Waals surface area (Å²) in [5, 5.41) is 4.21. The summed E-state index contributed by atoms with van der Waals surface area (Å²) < 4.78 is 0. The molecule has 0 aliphatic carbocycles. The van der Waals surface area contributed by atoms with Crippen LogP contribution in [0.4, 0.5) is 16.2 Å². The van der Waals surface area contributed by atoms with E-state index in [2.05, 4.69) is 28.6 Å². The van der Waals surface area contributed by atoms with Crippen molar-refractivity contribution >= 4 is 23.3 Å². The second-order valence-electron chi connectivity index (χ2n) is 8.98. The number of nitrogens with one attached hydrogen (secondary N) is 1. The lowest BCUT2D eigenvalue weighted by atomic mass is 10.0. The molecule has 1 unspecified atom stereocenters. The lowest BCUT2D eigenvalue weighted by Gasteiger charge is -2.40. The van der Waals surface area contributed by atoms with Crippen LogP contribution in [-0.4, -0.2) is 60.5 Å². The first-order chi connectivity index (χ1) is 16.9. The number of hydrogen-bond acceptors (Lipinski definition) is 5. The third-order valence-corrected chi connectivity index (χ3v) is 6.27. The van der Waals surface area contributed by atoms with Crippen LogP contribution < -0.4 is 21.1 Å². The number of hydrogen-bond donors (Lipinski definition) is 2. The Balaban J connectivity index is 1.66. The molecule has 1 heterocycles. The van der Waals surface area contributed by atoms with Crippen molar-refractivity contribution in [2.75, 3.05) is 42.6 Å². The fourth-order valence-corrected chi connectivity index (χ4v) is 4.32. The molecule has 0 bridgehead atoms. The summed E-state index contributed by atoms with van der Waals surface area (Å²) in [6.07, 6.45) is 2.40. The molecule has 8 heteroatoms. The fourth-order valence-electron chi connectivity index (χ4n) is 4.32. The highest BCUT2D eigenvalue weighted by molar-refractivity contribution is 5.91. The van der Waals surface area contributed by atoms with E-state index in [4.69, 9.17) is 5.84 Å². The smallest absolute Gasteiger partial charge is 0.343 e. The predicted molar refractivity (Wildman–Crippen MR) is 142 cm³/mol. The summed E-state index contributed by atoms with van der Waals surface area (Å²) >= 11 is 0. The van der Waals surface area contributed by atoms with Gasteiger partial charge < -0.3 is 10.2 Å². The Hall–Kier alpha value is -3.36. The lowest BCUT2D eigenvalue weighted by molar-refractivity contribution is -0.126. The van der Waals surface area contributed by atoms with Crippen molar-refractivity contribution in [3.05, 3.63) is 72.9 Å². The number of piperazine rings is 1. The molecule has 1 aliphatic heterocycles. The number of anilines is 2. The van der Waals surface area contributed by atoms with E-state index in [1.54, 1.807) is 0 Å². The van der Waals surface area contributed by atoms with Crippen LogP contribution in [0.1, 0.15) is 38.8 Å². The van der Waals surface area contributed by atoms with Gasteiger partial charge in [0.05, 0.1) is 5.69 Å². The van der Waals surface area contributed by atoms with Crippen LogP contribution in [0.5, 0.6) is 0 Å². The van der Waals surface area contributed by atoms with Gasteiger partial charge in [0.15, 0.2) is 0 Å². The summed E-state index contributed by atoms with van der Waals surface area (Å²) in [5.41, 5.74) is 2.69. The van der Waals surface area contributed by atoms with Gasteiger partial charge in [0.2, 0.25) is 5.91 Å². The van der Waals surface area contributed by atoms with Crippen LogP contribution in [0.3, 0.4) is 0 Å². The summed E-state index contributed by atoms with van der Waals surface area (Å²) in [6.45, 7) is 13.4. The molecular formula is C27H38N6O2. The molecule has 35 heavy (non-hydrogen) atoms. The van der Waals surface area contributed by atoms with Crippen molar-refractivity contribution in [3.8, 4) is 0 Å². The summed E-state index contributed by atoms with van der Waals surface area (Å²) in [4.78, 5) is 31.7. The zero-order valence-corrected chi connectivity index (χ0v) is 21.1. The number of amides is 3. The SMILES string of the molecule is C=CN(C(=O)N(N)c1ccc(N2CCN(C(C(=O)NCCC)c3ccccc3)CC2)cc1)C(C)C. The second-order valence-corrected chi connectivity index (χ2v) is 8.98. The minimum Gasteiger partial charge on any atom is -0.369 e. The molecule has 188 valence electrons. The van der Waals surface area contributed by atoms with Gasteiger partial charge in [0.1, 0.15) is 6.04 Å². The van der Waals surface area contributed by atoms with Crippen molar-refractivity contribution in [2.45, 2.75) is 39.3 Å². The van der Waals surface area contributed by atoms with Crippen molar-refractivity contribution in [1.82, 2.24) is 15.1 Å². The van der Waals surface area contributed by atoms with E-state index < -0.39 is 0 Å². The van der Waals surface area contributed by atoms with Crippen LogP contribution in [0.25, 0.3) is 0 Å². The highest BCUT2D eigenvalue weighted by Crippen LogP contribution is 2.26. The van der Waals surface area contributed by atoms with E-state index in [9.17, 15) is 9.59 Å². The third-order valence-electron chi connectivity index (χ3n) is 6.27. The van der Waals surface area contributed by atoms with Crippen molar-refractivity contribution in [2.24, 2.45) is 5.84 Å². The molecule has 0 spiro atoms. The molecule has 2 aromatic carbocycles. The maximum atomic E-state index is 13.0. The van der Waals surface area contributed by atoms with Gasteiger partial charge in [0.25, 0.3) is 0 Å². The molecular weight excluding hydrogens is 440 g/mol. The monoisotopic (exact) mass is 478 g/mol. The van der Waals surface area contributed by atoms with Crippen LogP contribution >= 0.6 is 0 Å². The molecule has 1 saturated heterocycles. The summed E-state index contributed by atoms with van der Waals surface area (Å²) in [5.74, 6) is 6.14. The van der Waals surface area contributed by atoms with Crippen LogP contribution in [0, 0.1) is 0 Å². The summed E-state index contributed by atoms with van der Waals surface area (Å²) in [6, 6.07) is 17.0. The number of carbonyl (C=O) groups is 2. The van der Waals surface area contributed by atoms with E-state index in [1.807, 2.05) is 68.4 Å². The minimum atomic E-state index is -0.329. The first-order valence-electron chi connectivity index (χ1n) is 12.3. The van der Waals surface area contributed by atoms with Crippen molar-refractivity contribution in [3.63, 3.8) is 0 Å². The van der Waals surface area contributed by atoms with Crippen molar-refractivity contribution < 1.29 is 9.59 Å². The van der Waals surface area contributed by atoms with Gasteiger partial charge in [-0.3, -0.25) is 14.6 Å². The number of rotatable bonds is 9. The number of urea groups is 1. The minimum absolute atomic E-state index is 0.0367. The van der Waals surface area contributed by atoms with Crippen molar-refractivity contribution in [1.29, 1.82) is 0 Å². The molecule has 1 aliphatic rings. The Kier molecular flexibility index (Phi) is 9.28. The molecule has 8 nitrogen and oxygen atoms in total. The van der Waals surface area contributed by atoms with E-state index in [0.29, 0.717) is 12.2 Å². The maximum Gasteiger partial charge on any atom is 0.343 e. The Labute approximate surface area is 208 Å². The van der Waals surface area contributed by atoms with Crippen LogP contribution in [0.15, 0.2) is 67.4 Å². The third kappa shape index (κ3) is 6.41. The second kappa shape index (κ2) is 12.4. The van der Waals surface area contributed by atoms with Gasteiger partial charge in [-0.1, -0.05) is 43.8 Å². The predicted octanol–water partition coefficient (Wildman–Crippen LogP) is 3.73. The molecule has 0 saturated carbocycles. The van der Waals surface area contributed by atoms with Crippen LogP contribution in [0.2, 0.25) is 0 Å². The number of carbonyl (C=O) groups excluding carboxylic acids is 2. The van der Waals surface area contributed by atoms with Gasteiger partial charge in [0, 0.05) is 50.7 Å². The number of benzene rings is 2. The molecule has 3 amide bonds. The highest BCUT2D eigenvalue weighted by Gasteiger charge is 2.30. The van der Waals surface area contributed by atoms with E-state index in [1.165, 1.54) is 11.1 Å². The average molecular weight is 479 g/mol. The molecule has 1 atom stereocenters. The van der Waals surface area contributed by atoms with Gasteiger partial charge >= 0.3 is 6.03 Å². The zero-order valence-electron chi connectivity index (χ0n) is 21.1. The Morgan fingerprint density at radius 2 is 1.69 bits per heavy atom. The average Bonchev–Trinajstić information content (AvgIpc) is 2.88. The first-order valence-corrected chi connectivity index (χ1v) is 12.3. The van der Waals surface area contributed by atoms with Gasteiger partial charge in [-0.25, -0.2) is 15.6 Å². The summed E-state index contributed by atoms with van der Waals surface area (Å²) in [7, 11) is 0. The Morgan fingerprint density at radius 3 is 2.23 bits per heavy atom. The molecule has 3 rings (SSSR count). The first kappa shape index (κ1) is 26.2. The topological polar surface area (TPSA) is 85.2 Å². The van der Waals surface area contributed by atoms with Gasteiger partial charge in [-0.2, -0.15) is 0 Å². The standard InChI is InChI=1S/C27H38N6O2/c1-5-16-29-26(34)25(22-10-8-7-9-11-22)31-19-17-30(18-20-31)23-12-14-24(15-13-23)33(28)27(35)32(6-2)21(3)4/h6-15,21,25H,2,5,16-20,28H2,1,3-4H3,(H,29,34). The largest absolute Gasteiger partial charge is 0.369 e. The normalized spacial score (nSPS) is 14.9. The Bertz CT molecular complexity index is 971. The molecule has 0 radical (unpaired) electrons. The van der Waals surface area contributed by atoms with Gasteiger partial charge in [-0.15, -0.1) is 0 Å². The maximum absolute atomic E-state index is 13.0. The fraction of sp³-hybridized carbons (Fsp3) is 0.407. The highest BCUT2D eigenvalue weighted by atomic mass is 16.2. The Morgan fingerprint density at radius 1 is 1.06 bits per heavy atom. The van der Waals surface area contributed by atoms with E-state index in [0.717, 1.165) is 48.9 Å². The quantitative estimate of drug-likeness (QED) is 0.326. The lowest BCUT2D eigenvalue weighted by Crippen LogP contribution is -2.51. The van der Waals surface area contributed by atoms with Gasteiger partial charge in [-0.05, 0) is 50.1 Å². The van der Waals surface area contributed by atoms with E-state index >= 15 is 0 Å². The van der Waals surface area contributed by atoms with Crippen LogP contribution in [-0.2, 0) is 4.79 Å². The molecule has 2 aromatic rings. The number of nitrogens with two attached hydrogens (primary N) is 1. The molecule has 0 aromatic heterocycles. The van der Waals surface area contributed by atoms with E-state index in [-0.39, 0.29) is 24.0 Å². The zero-order chi connectivity index (χ0) is 25.4. The number of hydrazine groups is 1.